The van der Waals surface area contributed by atoms with E-state index in [1.165, 1.54) is 16.7 Å². The molecule has 0 aliphatic heterocycles. The van der Waals surface area contributed by atoms with Gasteiger partial charge in [-0.1, -0.05) is 38.5 Å². The van der Waals surface area contributed by atoms with Gasteiger partial charge in [-0.25, -0.2) is 0 Å². The molecule has 3 aliphatic carbocycles. The molecule has 2 aromatic carbocycles. The molecular formula is C36H49NO4S. The average molecular weight is 592 g/mol. The van der Waals surface area contributed by atoms with Crippen LogP contribution in [0.15, 0.2) is 42.5 Å². The number of carbonyl (C=O) groups is 2. The number of phenolic OH excluding ortho intramolecular Hbond substituents is 1. The summed E-state index contributed by atoms with van der Waals surface area (Å²) in [6.07, 6.45) is 10.1. The van der Waals surface area contributed by atoms with Crippen LogP contribution in [0.5, 0.6) is 11.5 Å². The zero-order chi connectivity index (χ0) is 29.7. The summed E-state index contributed by atoms with van der Waals surface area (Å²) in [5.74, 6) is 5.16. The molecule has 0 aromatic heterocycles. The lowest BCUT2D eigenvalue weighted by atomic mass is 9.51. The zero-order valence-corrected chi connectivity index (χ0v) is 26.6. The van der Waals surface area contributed by atoms with Crippen molar-refractivity contribution >= 4 is 23.5 Å². The molecule has 1 amide bonds. The molecule has 0 heterocycles. The van der Waals surface area contributed by atoms with Gasteiger partial charge in [0.1, 0.15) is 17.3 Å². The van der Waals surface area contributed by atoms with E-state index in [1.54, 1.807) is 11.8 Å². The summed E-state index contributed by atoms with van der Waals surface area (Å²) >= 11 is 1.74. The zero-order valence-electron chi connectivity index (χ0n) is 25.8. The van der Waals surface area contributed by atoms with Crippen molar-refractivity contribution in [1.29, 1.82) is 0 Å². The van der Waals surface area contributed by atoms with Gasteiger partial charge < -0.3 is 14.7 Å². The third kappa shape index (κ3) is 6.69. The molecule has 5 nitrogen and oxygen atoms in total. The fraction of sp³-hybridized carbons (Fsp3) is 0.611. The number of hydrogen-bond donors (Lipinski definition) is 1. The van der Waals surface area contributed by atoms with E-state index in [1.807, 2.05) is 24.1 Å². The smallest absolute Gasteiger partial charge is 0.232 e. The fourth-order valence-corrected chi connectivity index (χ4v) is 9.01. The average Bonchev–Trinajstić information content (AvgIpc) is 3.30. The van der Waals surface area contributed by atoms with Gasteiger partial charge in [0.2, 0.25) is 5.91 Å². The second-order valence-corrected chi connectivity index (χ2v) is 14.2. The molecule has 5 atom stereocenters. The molecule has 0 unspecified atom stereocenters. The van der Waals surface area contributed by atoms with Crippen LogP contribution < -0.4 is 4.74 Å². The van der Waals surface area contributed by atoms with Crippen LogP contribution in [-0.2, 0) is 16.0 Å². The number of aryl methyl sites for hydroxylation is 1. The van der Waals surface area contributed by atoms with Crippen LogP contribution >= 0.6 is 11.8 Å². The second kappa shape index (κ2) is 13.9. The Hall–Kier alpha value is -2.47. The number of nitrogens with zero attached hydrogens (tertiary/aromatic N) is 1. The van der Waals surface area contributed by atoms with Crippen molar-refractivity contribution in [2.75, 3.05) is 31.7 Å². The van der Waals surface area contributed by atoms with Crippen LogP contribution in [0.1, 0.15) is 100 Å². The Morgan fingerprint density at radius 1 is 1.07 bits per heavy atom. The number of phenols is 1. The first kappa shape index (κ1) is 31.0. The summed E-state index contributed by atoms with van der Waals surface area (Å²) in [6.45, 7) is 5.94. The van der Waals surface area contributed by atoms with Crippen molar-refractivity contribution in [1.82, 2.24) is 4.90 Å². The Morgan fingerprint density at radius 2 is 1.88 bits per heavy atom. The monoisotopic (exact) mass is 591 g/mol. The number of fused-ring (bicyclic) bond motifs is 5. The van der Waals surface area contributed by atoms with Crippen LogP contribution in [0.4, 0.5) is 0 Å². The van der Waals surface area contributed by atoms with Gasteiger partial charge in [0.25, 0.3) is 0 Å². The standard InChI is InChI=1S/C36H49NO4S/c1-4-5-19-37(3)34(40)24-42-21-8-6-7-20-41-28-13-9-25(10-14-28)31-23-36(2)32(17-18-33(36)39)30-15-11-26-22-27(38)12-16-29(26)35(30)31/h9-10,12-14,16,22,30-32,35,38H,4-8,11,15,17-21,23-24H2,1-3H3/t30-,31+,32-,35+,36-/m0/s1. The molecule has 0 spiro atoms. The largest absolute Gasteiger partial charge is 0.508 e. The van der Waals surface area contributed by atoms with Crippen LogP contribution in [0.3, 0.4) is 0 Å². The molecule has 1 N–H and O–H groups in total. The molecule has 42 heavy (non-hydrogen) atoms. The normalized spacial score (nSPS) is 26.3. The number of rotatable bonds is 13. The number of carbonyl (C=O) groups excluding carboxylic acids is 2. The third-order valence-electron chi connectivity index (χ3n) is 10.4. The lowest BCUT2D eigenvalue weighted by Crippen LogP contribution is -2.45. The highest BCUT2D eigenvalue weighted by Gasteiger charge is 2.57. The minimum Gasteiger partial charge on any atom is -0.508 e. The number of ether oxygens (including phenoxy) is 1. The first-order chi connectivity index (χ1) is 20.3. The SMILES string of the molecule is CCCCN(C)C(=O)CSCCCCCOc1ccc([C@H]2C[C@]3(C)C(=O)CC[C@H]3[C@@H]3CCc4cc(O)ccc4[C@H]32)cc1. The molecule has 2 aromatic rings. The van der Waals surface area contributed by atoms with Gasteiger partial charge >= 0.3 is 0 Å². The fourth-order valence-electron chi connectivity index (χ4n) is 8.06. The van der Waals surface area contributed by atoms with Gasteiger partial charge in [-0.15, -0.1) is 0 Å². The number of ketones is 1. The predicted octanol–water partition coefficient (Wildman–Crippen LogP) is 7.75. The number of hydrogen-bond acceptors (Lipinski definition) is 5. The van der Waals surface area contributed by atoms with E-state index in [9.17, 15) is 14.7 Å². The van der Waals surface area contributed by atoms with E-state index in [-0.39, 0.29) is 17.2 Å². The van der Waals surface area contributed by atoms with Crippen LogP contribution in [0.2, 0.25) is 0 Å². The van der Waals surface area contributed by atoms with Crippen molar-refractivity contribution in [3.8, 4) is 11.5 Å². The molecule has 2 fully saturated rings. The topological polar surface area (TPSA) is 66.8 Å². The van der Waals surface area contributed by atoms with Crippen molar-refractivity contribution < 1.29 is 19.4 Å². The quantitative estimate of drug-likeness (QED) is 0.241. The molecule has 0 radical (unpaired) electrons. The number of amides is 1. The highest BCUT2D eigenvalue weighted by molar-refractivity contribution is 7.99. The lowest BCUT2D eigenvalue weighted by Gasteiger charge is -2.52. The van der Waals surface area contributed by atoms with E-state index >= 15 is 0 Å². The highest BCUT2D eigenvalue weighted by Crippen LogP contribution is 2.64. The van der Waals surface area contributed by atoms with Gasteiger partial charge in [0.15, 0.2) is 0 Å². The van der Waals surface area contributed by atoms with Crippen molar-refractivity contribution in [2.24, 2.45) is 17.3 Å². The summed E-state index contributed by atoms with van der Waals surface area (Å²) in [5, 5.41) is 10.2. The molecule has 5 rings (SSSR count). The van der Waals surface area contributed by atoms with Crippen LogP contribution in [-0.4, -0.2) is 53.4 Å². The van der Waals surface area contributed by atoms with E-state index in [0.29, 0.717) is 41.6 Å². The van der Waals surface area contributed by atoms with Crippen molar-refractivity contribution in [2.45, 2.75) is 89.9 Å². The number of unbranched alkanes of at least 4 members (excludes halogenated alkanes) is 3. The van der Waals surface area contributed by atoms with E-state index < -0.39 is 0 Å². The molecule has 2 saturated carbocycles. The van der Waals surface area contributed by atoms with E-state index in [4.69, 9.17) is 4.74 Å². The molecular weight excluding hydrogens is 542 g/mol. The maximum absolute atomic E-state index is 13.2. The van der Waals surface area contributed by atoms with Crippen molar-refractivity contribution in [3.63, 3.8) is 0 Å². The maximum atomic E-state index is 13.2. The maximum Gasteiger partial charge on any atom is 0.232 e. The Balaban J connectivity index is 1.14. The molecule has 228 valence electrons. The number of aromatic hydroxyl groups is 1. The van der Waals surface area contributed by atoms with Gasteiger partial charge in [-0.2, -0.15) is 11.8 Å². The Morgan fingerprint density at radius 3 is 2.67 bits per heavy atom. The summed E-state index contributed by atoms with van der Waals surface area (Å²) in [5.41, 5.74) is 3.72. The highest BCUT2D eigenvalue weighted by atomic mass is 32.2. The number of thioether (sulfide) groups is 1. The number of Topliss-reactive ketones (excluding diaryl/α,β-unsaturated/α-hetero) is 1. The lowest BCUT2D eigenvalue weighted by molar-refractivity contribution is -0.130. The summed E-state index contributed by atoms with van der Waals surface area (Å²) in [6, 6.07) is 14.6. The Bertz CT molecular complexity index is 1230. The van der Waals surface area contributed by atoms with Gasteiger partial charge in [0.05, 0.1) is 12.4 Å². The summed E-state index contributed by atoms with van der Waals surface area (Å²) < 4.78 is 6.09. The van der Waals surface area contributed by atoms with Crippen LogP contribution in [0, 0.1) is 17.3 Å². The second-order valence-electron chi connectivity index (χ2n) is 13.1. The van der Waals surface area contributed by atoms with Gasteiger partial charge in [-0.3, -0.25) is 9.59 Å². The predicted molar refractivity (Wildman–Crippen MR) is 172 cm³/mol. The summed E-state index contributed by atoms with van der Waals surface area (Å²) in [7, 11) is 1.90. The number of benzene rings is 2. The molecule has 3 aliphatic rings. The van der Waals surface area contributed by atoms with E-state index in [0.717, 1.165) is 82.3 Å². The molecule has 0 saturated heterocycles. The van der Waals surface area contributed by atoms with Crippen LogP contribution in [0.25, 0.3) is 0 Å². The van der Waals surface area contributed by atoms with Gasteiger partial charge in [0, 0.05) is 25.4 Å². The first-order valence-corrected chi connectivity index (χ1v) is 17.4. The summed E-state index contributed by atoms with van der Waals surface area (Å²) in [4.78, 5) is 27.2. The Labute approximate surface area is 256 Å². The first-order valence-electron chi connectivity index (χ1n) is 16.2. The molecule has 6 heteroatoms. The van der Waals surface area contributed by atoms with E-state index in [2.05, 4.69) is 44.2 Å². The minimum atomic E-state index is -0.230. The minimum absolute atomic E-state index is 0.230. The Kier molecular flexibility index (Phi) is 10.2. The third-order valence-corrected chi connectivity index (χ3v) is 11.5. The van der Waals surface area contributed by atoms with Gasteiger partial charge in [-0.05, 0) is 122 Å². The van der Waals surface area contributed by atoms with Crippen molar-refractivity contribution in [3.05, 3.63) is 59.2 Å². The molecule has 0 bridgehead atoms.